The molecule has 0 aromatic heterocycles. The second-order valence-electron chi connectivity index (χ2n) is 5.39. The van der Waals surface area contributed by atoms with Crippen molar-refractivity contribution in [3.63, 3.8) is 0 Å². The van der Waals surface area contributed by atoms with Crippen LogP contribution in [0.3, 0.4) is 0 Å². The molecule has 0 bridgehead atoms. The van der Waals surface area contributed by atoms with Gasteiger partial charge in [-0.1, -0.05) is 24.3 Å². The number of rotatable bonds is 4. The molecule has 1 rings (SSSR count). The average Bonchev–Trinajstić information content (AvgIpc) is 2.28. The van der Waals surface area contributed by atoms with Gasteiger partial charge in [0.1, 0.15) is 0 Å². The van der Waals surface area contributed by atoms with Crippen molar-refractivity contribution in [1.82, 2.24) is 4.31 Å². The fraction of sp³-hybridized carbons (Fsp3) is 0.538. The van der Waals surface area contributed by atoms with Crippen LogP contribution >= 0.6 is 0 Å². The molecule has 0 saturated carbocycles. The van der Waals surface area contributed by atoms with Crippen molar-refractivity contribution in [2.45, 2.75) is 38.6 Å². The van der Waals surface area contributed by atoms with Crippen LogP contribution in [0.15, 0.2) is 24.3 Å². The highest BCUT2D eigenvalue weighted by Gasteiger charge is 2.32. The van der Waals surface area contributed by atoms with Gasteiger partial charge in [0.15, 0.2) is 0 Å². The summed E-state index contributed by atoms with van der Waals surface area (Å²) in [5, 5.41) is 0. The molecule has 18 heavy (non-hydrogen) atoms. The number of nitrogens with two attached hydrogens (primary N) is 1. The predicted molar refractivity (Wildman–Crippen MR) is 74.5 cm³/mol. The minimum atomic E-state index is -3.28. The van der Waals surface area contributed by atoms with Crippen LogP contribution < -0.4 is 5.73 Å². The van der Waals surface area contributed by atoms with Gasteiger partial charge >= 0.3 is 0 Å². The summed E-state index contributed by atoms with van der Waals surface area (Å²) in [6.07, 6.45) is 0. The molecular weight excluding hydrogens is 248 g/mol. The van der Waals surface area contributed by atoms with E-state index in [0.29, 0.717) is 13.1 Å². The highest BCUT2D eigenvalue weighted by Crippen LogP contribution is 2.20. The molecule has 0 aliphatic rings. The Balaban J connectivity index is 2.85. The maximum atomic E-state index is 12.2. The van der Waals surface area contributed by atoms with Gasteiger partial charge in [-0.25, -0.2) is 12.7 Å². The molecule has 102 valence electrons. The first-order valence-electron chi connectivity index (χ1n) is 5.92. The summed E-state index contributed by atoms with van der Waals surface area (Å²) in [6, 6.07) is 7.67. The number of hydrogen-bond donors (Lipinski definition) is 1. The van der Waals surface area contributed by atoms with E-state index in [9.17, 15) is 8.42 Å². The van der Waals surface area contributed by atoms with E-state index in [1.54, 1.807) is 27.8 Å². The molecule has 1 aromatic rings. The standard InChI is InChI=1S/C13H22N2O2S/c1-13(2,3)18(16,17)15(4)10-12-7-5-11(9-14)6-8-12/h5-8H,9-10,14H2,1-4H3. The summed E-state index contributed by atoms with van der Waals surface area (Å²) in [5.74, 6) is 0. The Labute approximate surface area is 110 Å². The summed E-state index contributed by atoms with van der Waals surface area (Å²) < 4.78 is 25.0. The van der Waals surface area contributed by atoms with Gasteiger partial charge in [-0.2, -0.15) is 0 Å². The SMILES string of the molecule is CN(Cc1ccc(CN)cc1)S(=O)(=O)C(C)(C)C. The molecular formula is C13H22N2O2S. The van der Waals surface area contributed by atoms with Gasteiger partial charge in [-0.15, -0.1) is 0 Å². The molecule has 0 unspecified atom stereocenters. The maximum Gasteiger partial charge on any atom is 0.219 e. The van der Waals surface area contributed by atoms with Gasteiger partial charge in [0.25, 0.3) is 0 Å². The van der Waals surface area contributed by atoms with Crippen molar-refractivity contribution in [3.05, 3.63) is 35.4 Å². The Hall–Kier alpha value is -0.910. The first-order chi connectivity index (χ1) is 8.18. The first-order valence-corrected chi connectivity index (χ1v) is 7.36. The molecule has 0 spiro atoms. The minimum absolute atomic E-state index is 0.379. The lowest BCUT2D eigenvalue weighted by molar-refractivity contribution is 0.442. The molecule has 1 aromatic carbocycles. The first kappa shape index (κ1) is 15.1. The summed E-state index contributed by atoms with van der Waals surface area (Å²) in [5.41, 5.74) is 7.52. The van der Waals surface area contributed by atoms with Crippen molar-refractivity contribution >= 4 is 10.0 Å². The quantitative estimate of drug-likeness (QED) is 0.906. The van der Waals surface area contributed by atoms with Crippen LogP contribution in [0, 0.1) is 0 Å². The fourth-order valence-corrected chi connectivity index (χ4v) is 2.84. The van der Waals surface area contributed by atoms with E-state index in [1.807, 2.05) is 24.3 Å². The van der Waals surface area contributed by atoms with Crippen molar-refractivity contribution in [1.29, 1.82) is 0 Å². The maximum absolute atomic E-state index is 12.2. The fourth-order valence-electron chi connectivity index (χ4n) is 1.59. The van der Waals surface area contributed by atoms with Crippen LogP contribution in [0.5, 0.6) is 0 Å². The number of hydrogen-bond acceptors (Lipinski definition) is 3. The smallest absolute Gasteiger partial charge is 0.219 e. The van der Waals surface area contributed by atoms with Gasteiger partial charge in [0.2, 0.25) is 10.0 Å². The van der Waals surface area contributed by atoms with E-state index >= 15 is 0 Å². The minimum Gasteiger partial charge on any atom is -0.326 e. The third-order valence-electron chi connectivity index (χ3n) is 2.85. The van der Waals surface area contributed by atoms with Crippen LogP contribution in [0.2, 0.25) is 0 Å². The van der Waals surface area contributed by atoms with Crippen LogP contribution in [0.4, 0.5) is 0 Å². The number of sulfonamides is 1. The Morgan fingerprint density at radius 2 is 1.56 bits per heavy atom. The van der Waals surface area contributed by atoms with Crippen LogP contribution in [-0.4, -0.2) is 24.5 Å². The highest BCUT2D eigenvalue weighted by atomic mass is 32.2. The molecule has 0 amide bonds. The molecule has 0 aliphatic carbocycles. The Kier molecular flexibility index (Phi) is 4.53. The van der Waals surface area contributed by atoms with Crippen molar-refractivity contribution in [3.8, 4) is 0 Å². The molecule has 0 heterocycles. The Morgan fingerprint density at radius 1 is 1.11 bits per heavy atom. The van der Waals surface area contributed by atoms with Gasteiger partial charge < -0.3 is 5.73 Å². The topological polar surface area (TPSA) is 63.4 Å². The Bertz CT molecular complexity index is 487. The van der Waals surface area contributed by atoms with Crippen LogP contribution in [0.1, 0.15) is 31.9 Å². The van der Waals surface area contributed by atoms with Crippen LogP contribution in [0.25, 0.3) is 0 Å². The highest BCUT2D eigenvalue weighted by molar-refractivity contribution is 7.90. The largest absolute Gasteiger partial charge is 0.326 e. The lowest BCUT2D eigenvalue weighted by Crippen LogP contribution is -2.40. The lowest BCUT2D eigenvalue weighted by atomic mass is 10.1. The van der Waals surface area contributed by atoms with E-state index in [0.717, 1.165) is 11.1 Å². The van der Waals surface area contributed by atoms with Gasteiger partial charge in [-0.05, 0) is 31.9 Å². The second kappa shape index (κ2) is 5.38. The van der Waals surface area contributed by atoms with Gasteiger partial charge in [0.05, 0.1) is 4.75 Å². The summed E-state index contributed by atoms with van der Waals surface area (Å²) in [7, 11) is -1.67. The zero-order valence-electron chi connectivity index (χ0n) is 11.5. The number of benzene rings is 1. The third-order valence-corrected chi connectivity index (χ3v) is 5.35. The molecule has 0 fully saturated rings. The van der Waals surface area contributed by atoms with E-state index in [-0.39, 0.29) is 0 Å². The van der Waals surface area contributed by atoms with E-state index < -0.39 is 14.8 Å². The predicted octanol–water partition coefficient (Wildman–Crippen LogP) is 1.71. The molecule has 0 atom stereocenters. The summed E-state index contributed by atoms with van der Waals surface area (Å²) in [6.45, 7) is 5.99. The lowest BCUT2D eigenvalue weighted by Gasteiger charge is -2.26. The second-order valence-corrected chi connectivity index (χ2v) is 8.19. The summed E-state index contributed by atoms with van der Waals surface area (Å²) in [4.78, 5) is 0. The van der Waals surface area contributed by atoms with Crippen molar-refractivity contribution in [2.75, 3.05) is 7.05 Å². The molecule has 0 aliphatic heterocycles. The average molecular weight is 270 g/mol. The number of nitrogens with zero attached hydrogens (tertiary/aromatic N) is 1. The van der Waals surface area contributed by atoms with Gasteiger partial charge in [0, 0.05) is 20.1 Å². The normalized spacial score (nSPS) is 13.0. The van der Waals surface area contributed by atoms with E-state index in [4.69, 9.17) is 5.73 Å². The Morgan fingerprint density at radius 3 is 1.94 bits per heavy atom. The van der Waals surface area contributed by atoms with Crippen molar-refractivity contribution in [2.24, 2.45) is 5.73 Å². The summed E-state index contributed by atoms with van der Waals surface area (Å²) >= 11 is 0. The van der Waals surface area contributed by atoms with E-state index in [1.165, 1.54) is 4.31 Å². The van der Waals surface area contributed by atoms with Crippen molar-refractivity contribution < 1.29 is 8.42 Å². The molecule has 0 radical (unpaired) electrons. The molecule has 4 nitrogen and oxygen atoms in total. The molecule has 0 saturated heterocycles. The zero-order valence-corrected chi connectivity index (χ0v) is 12.3. The molecule has 5 heteroatoms. The third kappa shape index (κ3) is 3.31. The van der Waals surface area contributed by atoms with E-state index in [2.05, 4.69) is 0 Å². The van der Waals surface area contributed by atoms with Crippen LogP contribution in [-0.2, 0) is 23.1 Å². The van der Waals surface area contributed by atoms with Gasteiger partial charge in [-0.3, -0.25) is 0 Å². The molecule has 2 N–H and O–H groups in total. The zero-order chi connectivity index (χ0) is 14.0. The monoisotopic (exact) mass is 270 g/mol.